The van der Waals surface area contributed by atoms with E-state index in [0.717, 1.165) is 11.3 Å². The predicted molar refractivity (Wildman–Crippen MR) is 79.1 cm³/mol. The Bertz CT molecular complexity index is 497. The van der Waals surface area contributed by atoms with Crippen LogP contribution in [0.15, 0.2) is 18.2 Å². The molecule has 0 saturated heterocycles. The van der Waals surface area contributed by atoms with Gasteiger partial charge in [0, 0.05) is 11.1 Å². The second-order valence-corrected chi connectivity index (χ2v) is 6.40. The van der Waals surface area contributed by atoms with Gasteiger partial charge in [-0.2, -0.15) is 0 Å². The number of hydrogen-bond acceptors (Lipinski definition) is 2. The zero-order valence-corrected chi connectivity index (χ0v) is 12.5. The molecule has 0 bridgehead atoms. The molecule has 0 atom stereocenters. The number of nitrogens with one attached hydrogen (secondary N) is 1. The number of hydrogen-bond donors (Lipinski definition) is 1. The minimum atomic E-state index is -0.0110. The van der Waals surface area contributed by atoms with Crippen molar-refractivity contribution >= 4 is 17.5 Å². The topological polar surface area (TPSA) is 38.3 Å². The van der Waals surface area contributed by atoms with Crippen LogP contribution >= 0.6 is 11.6 Å². The first-order valence-corrected chi connectivity index (χ1v) is 7.69. The Labute approximate surface area is 124 Å². The van der Waals surface area contributed by atoms with Gasteiger partial charge in [0.15, 0.2) is 6.61 Å². The fourth-order valence-electron chi connectivity index (χ4n) is 2.68. The van der Waals surface area contributed by atoms with E-state index in [4.69, 9.17) is 16.3 Å². The van der Waals surface area contributed by atoms with Crippen molar-refractivity contribution in [1.82, 2.24) is 5.32 Å². The molecule has 2 fully saturated rings. The van der Waals surface area contributed by atoms with Gasteiger partial charge in [-0.25, -0.2) is 0 Å². The lowest BCUT2D eigenvalue weighted by atomic mass is 10.1. The Morgan fingerprint density at radius 1 is 1.35 bits per heavy atom. The maximum absolute atomic E-state index is 12.0. The first-order chi connectivity index (χ1) is 9.63. The van der Waals surface area contributed by atoms with Crippen LogP contribution in [-0.4, -0.2) is 18.6 Å². The molecular formula is C16H20ClNO2. The summed E-state index contributed by atoms with van der Waals surface area (Å²) in [4.78, 5) is 12.0. The van der Waals surface area contributed by atoms with E-state index in [2.05, 4.69) is 5.32 Å². The van der Waals surface area contributed by atoms with Gasteiger partial charge < -0.3 is 10.1 Å². The van der Waals surface area contributed by atoms with Gasteiger partial charge >= 0.3 is 0 Å². The maximum atomic E-state index is 12.0. The Morgan fingerprint density at radius 3 is 2.55 bits per heavy atom. The van der Waals surface area contributed by atoms with E-state index in [-0.39, 0.29) is 12.5 Å². The summed E-state index contributed by atoms with van der Waals surface area (Å²) in [5.74, 6) is 2.13. The van der Waals surface area contributed by atoms with Crippen LogP contribution in [0.3, 0.4) is 0 Å². The fraction of sp³-hybridized carbons (Fsp3) is 0.562. The number of aryl methyl sites for hydroxylation is 1. The molecule has 1 aromatic carbocycles. The number of halogens is 1. The van der Waals surface area contributed by atoms with E-state index in [1.807, 2.05) is 19.1 Å². The van der Waals surface area contributed by atoms with Gasteiger partial charge in [0.1, 0.15) is 5.75 Å². The number of carbonyl (C=O) groups excluding carboxylic acids is 1. The van der Waals surface area contributed by atoms with Gasteiger partial charge in [0.25, 0.3) is 5.91 Å². The van der Waals surface area contributed by atoms with Crippen molar-refractivity contribution in [3.63, 3.8) is 0 Å². The highest BCUT2D eigenvalue weighted by atomic mass is 35.5. The third-order valence-corrected chi connectivity index (χ3v) is 4.32. The van der Waals surface area contributed by atoms with E-state index in [1.54, 1.807) is 6.07 Å². The molecule has 0 aromatic heterocycles. The first-order valence-electron chi connectivity index (χ1n) is 7.32. The zero-order valence-electron chi connectivity index (χ0n) is 11.7. The Morgan fingerprint density at radius 2 is 2.00 bits per heavy atom. The van der Waals surface area contributed by atoms with E-state index in [1.165, 1.54) is 25.7 Å². The molecule has 0 spiro atoms. The Balaban J connectivity index is 1.51. The predicted octanol–water partition coefficient (Wildman–Crippen LogP) is 3.33. The summed E-state index contributed by atoms with van der Waals surface area (Å²) in [6.45, 7) is 2.01. The molecule has 108 valence electrons. The van der Waals surface area contributed by atoms with Gasteiger partial charge in [0.05, 0.1) is 0 Å². The van der Waals surface area contributed by atoms with Crippen molar-refractivity contribution in [2.75, 3.05) is 6.61 Å². The lowest BCUT2D eigenvalue weighted by Gasteiger charge is -2.18. The van der Waals surface area contributed by atoms with Crippen LogP contribution in [0.2, 0.25) is 5.02 Å². The molecule has 1 aromatic rings. The third-order valence-electron chi connectivity index (χ3n) is 4.08. The van der Waals surface area contributed by atoms with Gasteiger partial charge in [-0.3, -0.25) is 4.79 Å². The molecule has 1 amide bonds. The van der Waals surface area contributed by atoms with Crippen LogP contribution in [0.5, 0.6) is 5.75 Å². The highest BCUT2D eigenvalue weighted by molar-refractivity contribution is 6.30. The molecule has 3 nitrogen and oxygen atoms in total. The number of amides is 1. The summed E-state index contributed by atoms with van der Waals surface area (Å²) in [5, 5.41) is 3.83. The van der Waals surface area contributed by atoms with E-state index < -0.39 is 0 Å². The number of carbonyl (C=O) groups is 1. The lowest BCUT2D eigenvalue weighted by Crippen LogP contribution is -2.40. The average Bonchev–Trinajstić information content (AvgIpc) is 3.28. The molecule has 3 rings (SSSR count). The van der Waals surface area contributed by atoms with Crippen molar-refractivity contribution in [2.45, 2.75) is 38.6 Å². The molecule has 4 heteroatoms. The molecule has 0 radical (unpaired) electrons. The van der Waals surface area contributed by atoms with Gasteiger partial charge in [-0.15, -0.1) is 0 Å². The molecule has 20 heavy (non-hydrogen) atoms. The Hall–Kier alpha value is -1.22. The van der Waals surface area contributed by atoms with Crippen molar-refractivity contribution in [2.24, 2.45) is 11.8 Å². The van der Waals surface area contributed by atoms with E-state index in [9.17, 15) is 4.79 Å². The average molecular weight is 294 g/mol. The number of ether oxygens (including phenoxy) is 1. The zero-order chi connectivity index (χ0) is 14.1. The van der Waals surface area contributed by atoms with Crippen LogP contribution in [-0.2, 0) is 4.79 Å². The van der Waals surface area contributed by atoms with Crippen molar-refractivity contribution in [3.8, 4) is 5.75 Å². The lowest BCUT2D eigenvalue weighted by molar-refractivity contribution is -0.124. The highest BCUT2D eigenvalue weighted by Gasteiger charge is 2.42. The van der Waals surface area contributed by atoms with Crippen LogP contribution < -0.4 is 10.1 Å². The smallest absolute Gasteiger partial charge is 0.258 e. The molecule has 2 aliphatic rings. The molecule has 0 unspecified atom stereocenters. The fourth-order valence-corrected chi connectivity index (χ4v) is 2.90. The summed E-state index contributed by atoms with van der Waals surface area (Å²) in [7, 11) is 0. The number of rotatable bonds is 6. The van der Waals surface area contributed by atoms with Crippen molar-refractivity contribution in [3.05, 3.63) is 28.8 Å². The molecule has 0 aliphatic heterocycles. The summed E-state index contributed by atoms with van der Waals surface area (Å²) >= 11 is 5.90. The second-order valence-electron chi connectivity index (χ2n) is 5.97. The second kappa shape index (κ2) is 5.65. The van der Waals surface area contributed by atoms with Gasteiger partial charge in [0.2, 0.25) is 0 Å². The SMILES string of the molecule is Cc1cc(Cl)ccc1OCC(=O)NC(C1CC1)C1CC1. The molecular weight excluding hydrogens is 274 g/mol. The highest BCUT2D eigenvalue weighted by Crippen LogP contribution is 2.44. The van der Waals surface area contributed by atoms with Gasteiger partial charge in [-0.1, -0.05) is 11.6 Å². The summed E-state index contributed by atoms with van der Waals surface area (Å²) in [5.41, 5.74) is 0.950. The minimum Gasteiger partial charge on any atom is -0.484 e. The largest absolute Gasteiger partial charge is 0.484 e. The molecule has 0 heterocycles. The van der Waals surface area contributed by atoms with Crippen molar-refractivity contribution < 1.29 is 9.53 Å². The summed E-state index contributed by atoms with van der Waals surface area (Å²) in [6, 6.07) is 5.81. The van der Waals surface area contributed by atoms with E-state index >= 15 is 0 Å². The summed E-state index contributed by atoms with van der Waals surface area (Å²) < 4.78 is 5.58. The van der Waals surface area contributed by atoms with Gasteiger partial charge in [-0.05, 0) is 68.2 Å². The van der Waals surface area contributed by atoms with Crippen LogP contribution in [0.1, 0.15) is 31.2 Å². The van der Waals surface area contributed by atoms with Crippen LogP contribution in [0.25, 0.3) is 0 Å². The van der Waals surface area contributed by atoms with Crippen LogP contribution in [0.4, 0.5) is 0 Å². The van der Waals surface area contributed by atoms with E-state index in [0.29, 0.717) is 22.9 Å². The quantitative estimate of drug-likeness (QED) is 0.874. The third kappa shape index (κ3) is 3.45. The first kappa shape index (κ1) is 13.7. The van der Waals surface area contributed by atoms with Crippen molar-refractivity contribution in [1.29, 1.82) is 0 Å². The summed E-state index contributed by atoms with van der Waals surface area (Å²) in [6.07, 6.45) is 5.05. The molecule has 2 saturated carbocycles. The monoisotopic (exact) mass is 293 g/mol. The molecule has 2 aliphatic carbocycles. The van der Waals surface area contributed by atoms with Crippen LogP contribution in [0, 0.1) is 18.8 Å². The standard InChI is InChI=1S/C16H20ClNO2/c1-10-8-13(17)6-7-14(10)20-9-15(19)18-16(11-2-3-11)12-4-5-12/h6-8,11-12,16H,2-5,9H2,1H3,(H,18,19). The minimum absolute atomic E-state index is 0.0110. The molecule has 1 N–H and O–H groups in total. The maximum Gasteiger partial charge on any atom is 0.258 e. The normalized spacial score (nSPS) is 18.1. The Kier molecular flexibility index (Phi) is 3.88. The number of benzene rings is 1.